The topological polar surface area (TPSA) is 79.5 Å². The maximum absolute atomic E-state index is 12.7. The van der Waals surface area contributed by atoms with Gasteiger partial charge in [-0.3, -0.25) is 9.59 Å². The number of halogens is 1. The molecule has 144 valence electrons. The summed E-state index contributed by atoms with van der Waals surface area (Å²) >= 11 is 6.20. The molecule has 26 heavy (non-hydrogen) atoms. The smallest absolute Gasteiger partial charge is 0.252 e. The summed E-state index contributed by atoms with van der Waals surface area (Å²) in [5, 5.41) is 9.47. The Morgan fingerprint density at radius 2 is 2.00 bits per heavy atom. The van der Waals surface area contributed by atoms with E-state index in [1.807, 2.05) is 13.8 Å². The lowest BCUT2D eigenvalue weighted by molar-refractivity contribution is -0.118. The maximum atomic E-state index is 12.7. The molecule has 2 rings (SSSR count). The number of rotatable bonds is 7. The van der Waals surface area contributed by atoms with Gasteiger partial charge in [0, 0.05) is 30.7 Å². The Hall–Kier alpha value is -1.63. The quantitative estimate of drug-likeness (QED) is 0.678. The van der Waals surface area contributed by atoms with E-state index in [1.54, 1.807) is 25.3 Å². The fourth-order valence-electron chi connectivity index (χ4n) is 3.06. The number of methoxy groups -OCH3 is 1. The van der Waals surface area contributed by atoms with E-state index >= 15 is 0 Å². The number of benzene rings is 1. The Balaban J connectivity index is 2.07. The van der Waals surface area contributed by atoms with Crippen LogP contribution in [0.3, 0.4) is 0 Å². The van der Waals surface area contributed by atoms with Gasteiger partial charge in [0.2, 0.25) is 5.91 Å². The zero-order valence-electron chi connectivity index (χ0n) is 15.7. The molecule has 0 aromatic heterocycles. The first-order chi connectivity index (χ1) is 12.4. The van der Waals surface area contributed by atoms with E-state index < -0.39 is 0 Å². The van der Waals surface area contributed by atoms with Gasteiger partial charge >= 0.3 is 0 Å². The van der Waals surface area contributed by atoms with Crippen LogP contribution in [0.5, 0.6) is 0 Å². The number of carbonyl (C=O) groups excluding carboxylic acids is 2. The normalized spacial score (nSPS) is 16.3. The fraction of sp³-hybridized carbons (Fsp3) is 0.579. The van der Waals surface area contributed by atoms with Gasteiger partial charge in [0.05, 0.1) is 17.2 Å². The first-order valence-corrected chi connectivity index (χ1v) is 9.33. The molecule has 0 spiro atoms. The minimum atomic E-state index is -0.246. The third-order valence-corrected chi connectivity index (χ3v) is 5.07. The fourth-order valence-corrected chi connectivity index (χ4v) is 3.27. The maximum Gasteiger partial charge on any atom is 0.252 e. The number of anilines is 1. The van der Waals surface area contributed by atoms with Crippen molar-refractivity contribution >= 4 is 29.1 Å². The number of piperidine rings is 1. The van der Waals surface area contributed by atoms with Crippen molar-refractivity contribution in [2.75, 3.05) is 38.7 Å². The van der Waals surface area contributed by atoms with E-state index in [0.717, 1.165) is 25.9 Å². The number of ether oxygens (including phenoxy) is 1. The largest absolute Gasteiger partial charge is 0.384 e. The summed E-state index contributed by atoms with van der Waals surface area (Å²) in [5.74, 6) is -0.492. The highest BCUT2D eigenvalue weighted by atomic mass is 35.5. The number of hydrogen-bond donors (Lipinski definition) is 3. The third-order valence-electron chi connectivity index (χ3n) is 4.74. The van der Waals surface area contributed by atoms with Crippen LogP contribution >= 0.6 is 11.6 Å². The molecule has 1 aromatic rings. The average molecular weight is 382 g/mol. The average Bonchev–Trinajstić information content (AvgIpc) is 2.62. The Morgan fingerprint density at radius 3 is 2.62 bits per heavy atom. The minimum Gasteiger partial charge on any atom is -0.384 e. The van der Waals surface area contributed by atoms with Crippen molar-refractivity contribution in [2.24, 2.45) is 11.3 Å². The first kappa shape index (κ1) is 20.7. The molecule has 1 saturated heterocycles. The molecule has 0 aliphatic carbocycles. The summed E-state index contributed by atoms with van der Waals surface area (Å²) in [6, 6.07) is 4.93. The van der Waals surface area contributed by atoms with Gasteiger partial charge in [-0.2, -0.15) is 0 Å². The molecule has 3 N–H and O–H groups in total. The van der Waals surface area contributed by atoms with Crippen LogP contribution in [0, 0.1) is 11.3 Å². The van der Waals surface area contributed by atoms with Gasteiger partial charge in [0.1, 0.15) is 0 Å². The van der Waals surface area contributed by atoms with Crippen LogP contribution in [0.1, 0.15) is 37.0 Å². The van der Waals surface area contributed by atoms with E-state index in [1.165, 1.54) is 0 Å². The monoisotopic (exact) mass is 381 g/mol. The van der Waals surface area contributed by atoms with Gasteiger partial charge in [-0.15, -0.1) is 0 Å². The molecule has 0 radical (unpaired) electrons. The van der Waals surface area contributed by atoms with Crippen LogP contribution in [-0.2, 0) is 9.53 Å². The summed E-state index contributed by atoms with van der Waals surface area (Å²) < 4.78 is 5.38. The van der Waals surface area contributed by atoms with Crippen molar-refractivity contribution in [3.05, 3.63) is 28.8 Å². The van der Waals surface area contributed by atoms with Crippen molar-refractivity contribution in [1.82, 2.24) is 10.6 Å². The van der Waals surface area contributed by atoms with Gasteiger partial charge in [0.15, 0.2) is 0 Å². The highest BCUT2D eigenvalue weighted by Crippen LogP contribution is 2.29. The number of nitrogens with one attached hydrogen (secondary N) is 3. The molecule has 0 atom stereocenters. The van der Waals surface area contributed by atoms with E-state index in [9.17, 15) is 9.59 Å². The molecule has 1 aromatic carbocycles. The van der Waals surface area contributed by atoms with Gasteiger partial charge in [0.25, 0.3) is 5.91 Å². The number of hydrogen-bond acceptors (Lipinski definition) is 4. The molecule has 0 unspecified atom stereocenters. The molecule has 1 aliphatic rings. The zero-order valence-corrected chi connectivity index (χ0v) is 16.4. The molecule has 7 heteroatoms. The molecule has 0 saturated carbocycles. The van der Waals surface area contributed by atoms with Crippen molar-refractivity contribution in [1.29, 1.82) is 0 Å². The molecule has 6 nitrogen and oxygen atoms in total. The lowest BCUT2D eigenvalue weighted by Gasteiger charge is -2.37. The van der Waals surface area contributed by atoms with Crippen molar-refractivity contribution in [3.8, 4) is 0 Å². The third kappa shape index (κ3) is 5.43. The minimum absolute atomic E-state index is 0.0639. The van der Waals surface area contributed by atoms with Crippen molar-refractivity contribution in [2.45, 2.75) is 26.7 Å². The Kier molecular flexibility index (Phi) is 7.43. The van der Waals surface area contributed by atoms with Gasteiger partial charge in [-0.25, -0.2) is 0 Å². The standard InChI is InChI=1S/C19H28ClN3O3/c1-13(2)17(24)23-14-4-5-16(20)15(10-14)18(25)22-11-19(12-26-3)6-8-21-9-7-19/h4-5,10,13,21H,6-9,11-12H2,1-3H3,(H,22,25)(H,23,24). The molecular formula is C19H28ClN3O3. The van der Waals surface area contributed by atoms with E-state index in [-0.39, 0.29) is 23.1 Å². The van der Waals surface area contributed by atoms with Crippen LogP contribution < -0.4 is 16.0 Å². The van der Waals surface area contributed by atoms with Crippen LogP contribution in [0.2, 0.25) is 5.02 Å². The molecule has 1 fully saturated rings. The summed E-state index contributed by atoms with van der Waals surface area (Å²) in [5.41, 5.74) is 0.854. The SMILES string of the molecule is COCC1(CNC(=O)c2cc(NC(=O)C(C)C)ccc2Cl)CCNCC1. The summed E-state index contributed by atoms with van der Waals surface area (Å²) in [6.07, 6.45) is 1.89. The Labute approximate surface area is 160 Å². The Morgan fingerprint density at radius 1 is 1.31 bits per heavy atom. The predicted octanol–water partition coefficient (Wildman–Crippen LogP) is 2.68. The van der Waals surface area contributed by atoms with Crippen molar-refractivity contribution in [3.63, 3.8) is 0 Å². The summed E-state index contributed by atoms with van der Waals surface area (Å²) in [4.78, 5) is 24.5. The highest BCUT2D eigenvalue weighted by molar-refractivity contribution is 6.34. The van der Waals surface area contributed by atoms with Crippen LogP contribution in [0.15, 0.2) is 18.2 Å². The second-order valence-corrected chi connectivity index (χ2v) is 7.61. The summed E-state index contributed by atoms with van der Waals surface area (Å²) in [7, 11) is 1.68. The van der Waals surface area contributed by atoms with E-state index in [2.05, 4.69) is 16.0 Å². The second kappa shape index (κ2) is 9.35. The lowest BCUT2D eigenvalue weighted by atomic mass is 9.79. The van der Waals surface area contributed by atoms with Gasteiger partial charge < -0.3 is 20.7 Å². The van der Waals surface area contributed by atoms with Gasteiger partial charge in [-0.05, 0) is 44.1 Å². The molecule has 0 bridgehead atoms. The molecule has 2 amide bonds. The van der Waals surface area contributed by atoms with E-state index in [0.29, 0.717) is 29.4 Å². The first-order valence-electron chi connectivity index (χ1n) is 8.95. The zero-order chi connectivity index (χ0) is 19.2. The van der Waals surface area contributed by atoms with Crippen LogP contribution in [0.4, 0.5) is 5.69 Å². The molecule has 1 heterocycles. The van der Waals surface area contributed by atoms with Gasteiger partial charge in [-0.1, -0.05) is 25.4 Å². The van der Waals surface area contributed by atoms with E-state index in [4.69, 9.17) is 16.3 Å². The lowest BCUT2D eigenvalue weighted by Crippen LogP contribution is -2.47. The predicted molar refractivity (Wildman–Crippen MR) is 104 cm³/mol. The molecular weight excluding hydrogens is 354 g/mol. The van der Waals surface area contributed by atoms with Crippen LogP contribution in [-0.4, -0.2) is 45.2 Å². The highest BCUT2D eigenvalue weighted by Gasteiger charge is 2.32. The second-order valence-electron chi connectivity index (χ2n) is 7.20. The van der Waals surface area contributed by atoms with Crippen molar-refractivity contribution < 1.29 is 14.3 Å². The molecule has 1 aliphatic heterocycles. The number of amides is 2. The Bertz CT molecular complexity index is 637. The summed E-state index contributed by atoms with van der Waals surface area (Å²) in [6.45, 7) is 6.58. The van der Waals surface area contributed by atoms with Crippen LogP contribution in [0.25, 0.3) is 0 Å². The number of carbonyl (C=O) groups is 2.